The Bertz CT molecular complexity index is 1790. The van der Waals surface area contributed by atoms with Gasteiger partial charge in [0.05, 0.1) is 23.3 Å². The third-order valence-electron chi connectivity index (χ3n) is 8.53. The minimum atomic E-state index is -4.01. The Hall–Kier alpha value is -3.44. The highest BCUT2D eigenvalue weighted by atomic mass is 32.2. The van der Waals surface area contributed by atoms with Crippen LogP contribution in [-0.4, -0.2) is 75.8 Å². The summed E-state index contributed by atoms with van der Waals surface area (Å²) in [6, 6.07) is 7.44. The summed E-state index contributed by atoms with van der Waals surface area (Å²) < 4.78 is 112. The van der Waals surface area contributed by atoms with E-state index in [-0.39, 0.29) is 62.1 Å². The fourth-order valence-corrected chi connectivity index (χ4v) is 8.71. The van der Waals surface area contributed by atoms with Gasteiger partial charge in [0.1, 0.15) is 33.1 Å². The van der Waals surface area contributed by atoms with E-state index in [0.29, 0.717) is 31.0 Å². The minimum absolute atomic E-state index is 0.0193. The van der Waals surface area contributed by atoms with Crippen LogP contribution in [0.3, 0.4) is 0 Å². The van der Waals surface area contributed by atoms with Gasteiger partial charge in [-0.2, -0.15) is 12.7 Å². The number of sulfone groups is 1. The van der Waals surface area contributed by atoms with E-state index in [0.717, 1.165) is 24.6 Å². The van der Waals surface area contributed by atoms with Gasteiger partial charge in [-0.1, -0.05) is 25.5 Å². The van der Waals surface area contributed by atoms with E-state index in [1.54, 1.807) is 0 Å². The number of carbonyl (C=O) groups excluding carboxylic acids is 1. The predicted molar refractivity (Wildman–Crippen MR) is 179 cm³/mol. The van der Waals surface area contributed by atoms with Crippen LogP contribution in [0, 0.1) is 23.3 Å². The molecule has 1 amide bonds. The maximum atomic E-state index is 15.2. The van der Waals surface area contributed by atoms with E-state index in [2.05, 4.69) is 20.3 Å². The molecule has 16 heteroatoms. The normalized spacial score (nSPS) is 17.1. The standard InChI is InChI=1S/C33H41F4N5O5S2/c1-3-4-28(48(2,44)45)11-12-40-49(46,47)42-14-13-38-19-27(42)9-10-29-31(37)20-39-21-32(29)41-33(43)18-30(22-5-7-24(34)8-6-22)23-15-25(35)17-26(36)16-23/h5-8,15-17,20-21,27-28,30,38,40H,3-4,9-14,18-19H2,1-2H3,(H,41,43)/t27-,28?,30-/m0/s1. The Labute approximate surface area is 284 Å². The predicted octanol–water partition coefficient (Wildman–Crippen LogP) is 4.44. The fraction of sp³-hybridized carbons (Fsp3) is 0.455. The van der Waals surface area contributed by atoms with Gasteiger partial charge in [-0.15, -0.1) is 0 Å². The van der Waals surface area contributed by atoms with Gasteiger partial charge >= 0.3 is 0 Å². The number of hydrogen-bond donors (Lipinski definition) is 3. The average molecular weight is 728 g/mol. The Morgan fingerprint density at radius 2 is 1.67 bits per heavy atom. The third kappa shape index (κ3) is 10.8. The maximum absolute atomic E-state index is 15.2. The van der Waals surface area contributed by atoms with Crippen LogP contribution in [0.25, 0.3) is 0 Å². The second-order valence-corrected chi connectivity index (χ2v) is 16.2. The molecule has 268 valence electrons. The van der Waals surface area contributed by atoms with Gasteiger partial charge in [-0.3, -0.25) is 9.78 Å². The van der Waals surface area contributed by atoms with Gasteiger partial charge in [-0.25, -0.2) is 30.7 Å². The van der Waals surface area contributed by atoms with Crippen LogP contribution in [0.1, 0.15) is 61.6 Å². The van der Waals surface area contributed by atoms with Crippen molar-refractivity contribution in [2.75, 3.05) is 37.8 Å². The lowest BCUT2D eigenvalue weighted by Gasteiger charge is -2.35. The van der Waals surface area contributed by atoms with Crippen molar-refractivity contribution in [1.29, 1.82) is 0 Å². The van der Waals surface area contributed by atoms with Crippen LogP contribution in [0.4, 0.5) is 23.2 Å². The lowest BCUT2D eigenvalue weighted by Crippen LogP contribution is -2.56. The molecule has 3 aromatic rings. The third-order valence-corrected chi connectivity index (χ3v) is 11.9. The number of carbonyl (C=O) groups is 1. The number of nitrogens with zero attached hydrogens (tertiary/aromatic N) is 2. The second kappa shape index (κ2) is 17.0. The van der Waals surface area contributed by atoms with Gasteiger partial charge in [-0.05, 0) is 61.1 Å². The first-order chi connectivity index (χ1) is 23.2. The summed E-state index contributed by atoms with van der Waals surface area (Å²) in [5, 5.41) is 5.12. The van der Waals surface area contributed by atoms with Crippen molar-refractivity contribution < 1.29 is 39.2 Å². The van der Waals surface area contributed by atoms with E-state index >= 15 is 4.39 Å². The Morgan fingerprint density at radius 1 is 0.980 bits per heavy atom. The number of hydrogen-bond acceptors (Lipinski definition) is 7. The molecule has 2 aromatic carbocycles. The summed E-state index contributed by atoms with van der Waals surface area (Å²) in [4.78, 5) is 17.2. The van der Waals surface area contributed by atoms with Gasteiger partial charge in [0, 0.05) is 62.4 Å². The summed E-state index contributed by atoms with van der Waals surface area (Å²) in [7, 11) is -7.36. The number of piperazine rings is 1. The molecule has 3 N–H and O–H groups in total. The first kappa shape index (κ1) is 38.4. The maximum Gasteiger partial charge on any atom is 0.279 e. The van der Waals surface area contributed by atoms with Crippen molar-refractivity contribution >= 4 is 31.6 Å². The van der Waals surface area contributed by atoms with Gasteiger partial charge in [0.25, 0.3) is 10.2 Å². The lowest BCUT2D eigenvalue weighted by atomic mass is 9.88. The first-order valence-corrected chi connectivity index (χ1v) is 19.4. The minimum Gasteiger partial charge on any atom is -0.324 e. The summed E-state index contributed by atoms with van der Waals surface area (Å²) >= 11 is 0. The zero-order chi connectivity index (χ0) is 35.8. The monoisotopic (exact) mass is 727 g/mol. The van der Waals surface area contributed by atoms with E-state index in [9.17, 15) is 34.8 Å². The molecule has 1 unspecified atom stereocenters. The molecule has 10 nitrogen and oxygen atoms in total. The van der Waals surface area contributed by atoms with E-state index in [1.165, 1.54) is 34.8 Å². The molecule has 3 atom stereocenters. The van der Waals surface area contributed by atoms with E-state index in [1.807, 2.05) is 6.92 Å². The molecule has 0 spiro atoms. The van der Waals surface area contributed by atoms with E-state index in [4.69, 9.17) is 0 Å². The van der Waals surface area contributed by atoms with E-state index < -0.39 is 66.4 Å². The molecule has 0 aliphatic carbocycles. The Morgan fingerprint density at radius 3 is 2.33 bits per heavy atom. The SMILES string of the molecule is CCCC(CCNS(=O)(=O)N1CCNC[C@@H]1CCc1c(F)cncc1NC(=O)C[C@@H](c1ccc(F)cc1)c1cc(F)cc(F)c1)S(C)(=O)=O. The van der Waals surface area contributed by atoms with Crippen LogP contribution in [0.15, 0.2) is 54.9 Å². The molecule has 4 rings (SSSR count). The van der Waals surface area contributed by atoms with Crippen molar-refractivity contribution in [1.82, 2.24) is 19.3 Å². The largest absolute Gasteiger partial charge is 0.324 e. The van der Waals surface area contributed by atoms with Crippen LogP contribution < -0.4 is 15.4 Å². The number of halogens is 4. The number of amides is 1. The van der Waals surface area contributed by atoms with Crippen molar-refractivity contribution in [2.24, 2.45) is 0 Å². The average Bonchev–Trinajstić information content (AvgIpc) is 3.02. The number of rotatable bonds is 16. The highest BCUT2D eigenvalue weighted by Gasteiger charge is 2.33. The smallest absolute Gasteiger partial charge is 0.279 e. The second-order valence-electron chi connectivity index (χ2n) is 12.1. The molecular formula is C33H41F4N5O5S2. The van der Waals surface area contributed by atoms with Crippen molar-refractivity contribution in [2.45, 2.75) is 62.7 Å². The molecule has 1 saturated heterocycles. The molecule has 0 saturated carbocycles. The summed E-state index contributed by atoms with van der Waals surface area (Å²) in [6.07, 6.45) is 4.42. The van der Waals surface area contributed by atoms with Gasteiger partial charge in [0.2, 0.25) is 5.91 Å². The number of nitrogens with one attached hydrogen (secondary N) is 3. The van der Waals surface area contributed by atoms with Crippen molar-refractivity contribution in [3.8, 4) is 0 Å². The van der Waals surface area contributed by atoms with Gasteiger partial charge < -0.3 is 10.6 Å². The molecule has 1 aliphatic heterocycles. The van der Waals surface area contributed by atoms with Crippen LogP contribution in [0.2, 0.25) is 0 Å². The number of pyridine rings is 1. The summed E-state index contributed by atoms with van der Waals surface area (Å²) in [6.45, 7) is 2.59. The fourth-order valence-electron chi connectivity index (χ4n) is 6.05. The zero-order valence-corrected chi connectivity index (χ0v) is 28.9. The number of anilines is 1. The first-order valence-electron chi connectivity index (χ1n) is 16.0. The molecular weight excluding hydrogens is 687 g/mol. The molecule has 0 bridgehead atoms. The topological polar surface area (TPSA) is 138 Å². The summed E-state index contributed by atoms with van der Waals surface area (Å²) in [5.74, 6) is -4.45. The highest BCUT2D eigenvalue weighted by Crippen LogP contribution is 2.31. The number of benzene rings is 2. The molecule has 1 aromatic heterocycles. The summed E-state index contributed by atoms with van der Waals surface area (Å²) in [5.41, 5.74) is 0.710. The van der Waals surface area contributed by atoms with Crippen molar-refractivity contribution in [3.05, 3.63) is 94.8 Å². The Kier molecular flexibility index (Phi) is 13.3. The molecule has 1 fully saturated rings. The van der Waals surface area contributed by atoms with Crippen LogP contribution in [-0.2, 0) is 31.3 Å². The molecule has 49 heavy (non-hydrogen) atoms. The molecule has 1 aliphatic rings. The zero-order valence-electron chi connectivity index (χ0n) is 27.3. The quantitative estimate of drug-likeness (QED) is 0.186. The molecule has 2 heterocycles. The Balaban J connectivity index is 1.47. The van der Waals surface area contributed by atoms with Gasteiger partial charge in [0.15, 0.2) is 0 Å². The van der Waals surface area contributed by atoms with Crippen molar-refractivity contribution in [3.63, 3.8) is 0 Å². The number of aromatic nitrogens is 1. The highest BCUT2D eigenvalue weighted by molar-refractivity contribution is 7.91. The molecule has 0 radical (unpaired) electrons. The van der Waals surface area contributed by atoms with Crippen LogP contribution >= 0.6 is 0 Å². The van der Waals surface area contributed by atoms with Crippen LogP contribution in [0.5, 0.6) is 0 Å². The lowest BCUT2D eigenvalue weighted by molar-refractivity contribution is -0.116.